The Labute approximate surface area is 69.2 Å². The van der Waals surface area contributed by atoms with Gasteiger partial charge in [0.2, 0.25) is 0 Å². The zero-order chi connectivity index (χ0) is 8.48. The molecule has 0 atom stereocenters. The van der Waals surface area contributed by atoms with Gasteiger partial charge in [-0.3, -0.25) is 4.79 Å². The van der Waals surface area contributed by atoms with Gasteiger partial charge in [0, 0.05) is 11.3 Å². The minimum Gasteiger partial charge on any atom is -0.299 e. The monoisotopic (exact) mass is 154 g/mol. The molecule has 1 rings (SSSR count). The molecular weight excluding hydrogens is 136 g/mol. The quantitative estimate of drug-likeness (QED) is 0.608. The summed E-state index contributed by atoms with van der Waals surface area (Å²) in [7, 11) is 0. The van der Waals surface area contributed by atoms with Gasteiger partial charge >= 0.3 is 0 Å². The molecule has 0 aromatic carbocycles. The molecule has 0 unspecified atom stereocenters. The summed E-state index contributed by atoms with van der Waals surface area (Å²) in [6.45, 7) is 6.32. The Hall–Kier alpha value is -0.330. The van der Waals surface area contributed by atoms with Crippen LogP contribution in [0.3, 0.4) is 0 Å². The molecule has 0 aromatic rings. The Balaban J connectivity index is 2.51. The van der Waals surface area contributed by atoms with Gasteiger partial charge in [-0.05, 0) is 25.7 Å². The second-order valence-corrected chi connectivity index (χ2v) is 3.94. The van der Waals surface area contributed by atoms with E-state index in [9.17, 15) is 4.79 Å². The van der Waals surface area contributed by atoms with Crippen molar-refractivity contribution < 1.29 is 4.79 Å². The Morgan fingerprint density at radius 2 is 1.82 bits per heavy atom. The molecule has 64 valence electrons. The maximum absolute atomic E-state index is 11.7. The van der Waals surface area contributed by atoms with E-state index in [-0.39, 0.29) is 5.41 Å². The van der Waals surface area contributed by atoms with Crippen LogP contribution >= 0.6 is 0 Å². The predicted octanol–water partition coefficient (Wildman–Crippen LogP) is 2.79. The Morgan fingerprint density at radius 1 is 1.36 bits per heavy atom. The number of ketones is 1. The summed E-state index contributed by atoms with van der Waals surface area (Å²) in [6, 6.07) is 0. The highest BCUT2D eigenvalue weighted by atomic mass is 16.1. The van der Waals surface area contributed by atoms with Crippen molar-refractivity contribution in [1.82, 2.24) is 0 Å². The highest BCUT2D eigenvalue weighted by Gasteiger charge is 2.46. The van der Waals surface area contributed by atoms with Crippen molar-refractivity contribution >= 4 is 5.78 Å². The second kappa shape index (κ2) is 2.96. The summed E-state index contributed by atoms with van der Waals surface area (Å²) in [5.74, 6) is 0.852. The fourth-order valence-corrected chi connectivity index (χ4v) is 1.59. The fourth-order valence-electron chi connectivity index (χ4n) is 1.59. The molecule has 1 saturated carbocycles. The molecule has 0 spiro atoms. The minimum atomic E-state index is 0.0939. The van der Waals surface area contributed by atoms with Gasteiger partial charge in [0.1, 0.15) is 5.78 Å². The third-order valence-electron chi connectivity index (χ3n) is 2.95. The van der Waals surface area contributed by atoms with E-state index >= 15 is 0 Å². The molecule has 1 aliphatic carbocycles. The maximum Gasteiger partial charge on any atom is 0.141 e. The first-order valence-electron chi connectivity index (χ1n) is 4.68. The smallest absolute Gasteiger partial charge is 0.141 e. The number of hydrogen-bond acceptors (Lipinski definition) is 1. The van der Waals surface area contributed by atoms with E-state index < -0.39 is 0 Å². The van der Waals surface area contributed by atoms with Crippen LogP contribution in [0.4, 0.5) is 0 Å². The Bertz CT molecular complexity index is 152. The maximum atomic E-state index is 11.7. The molecule has 11 heavy (non-hydrogen) atoms. The molecule has 0 aliphatic heterocycles. The van der Waals surface area contributed by atoms with E-state index in [1.165, 1.54) is 0 Å². The number of rotatable bonds is 4. The number of carbonyl (C=O) groups is 1. The molecule has 0 heterocycles. The topological polar surface area (TPSA) is 17.1 Å². The molecule has 1 nitrogen and oxygen atoms in total. The van der Waals surface area contributed by atoms with E-state index in [1.807, 2.05) is 0 Å². The molecule has 1 heteroatoms. The van der Waals surface area contributed by atoms with Crippen molar-refractivity contribution in [3.63, 3.8) is 0 Å². The van der Waals surface area contributed by atoms with Crippen LogP contribution in [-0.2, 0) is 4.79 Å². The zero-order valence-corrected chi connectivity index (χ0v) is 7.81. The summed E-state index contributed by atoms with van der Waals surface area (Å²) in [5, 5.41) is 0. The van der Waals surface area contributed by atoms with Crippen molar-refractivity contribution in [2.75, 3.05) is 0 Å². The van der Waals surface area contributed by atoms with Crippen molar-refractivity contribution in [1.29, 1.82) is 0 Å². The highest BCUT2D eigenvalue weighted by Crippen LogP contribution is 2.48. The predicted molar refractivity (Wildman–Crippen MR) is 46.4 cm³/mol. The number of Topliss-reactive ketones (excluding diaryl/α,β-unsaturated/α-hetero) is 1. The number of carbonyl (C=O) groups excluding carboxylic acids is 1. The van der Waals surface area contributed by atoms with Crippen LogP contribution in [0, 0.1) is 11.3 Å². The van der Waals surface area contributed by atoms with Crippen molar-refractivity contribution in [3.05, 3.63) is 0 Å². The molecule has 0 bridgehead atoms. The lowest BCUT2D eigenvalue weighted by Gasteiger charge is -2.15. The molecule has 0 aromatic heterocycles. The van der Waals surface area contributed by atoms with Gasteiger partial charge < -0.3 is 0 Å². The van der Waals surface area contributed by atoms with Gasteiger partial charge in [-0.25, -0.2) is 0 Å². The molecule has 0 saturated heterocycles. The lowest BCUT2D eigenvalue weighted by atomic mass is 9.88. The van der Waals surface area contributed by atoms with Crippen LogP contribution < -0.4 is 0 Å². The lowest BCUT2D eigenvalue weighted by molar-refractivity contribution is -0.127. The minimum absolute atomic E-state index is 0.0939. The Kier molecular flexibility index (Phi) is 2.36. The summed E-state index contributed by atoms with van der Waals surface area (Å²) in [4.78, 5) is 11.7. The summed E-state index contributed by atoms with van der Waals surface area (Å²) in [6.07, 6.45) is 4.29. The lowest BCUT2D eigenvalue weighted by Crippen LogP contribution is -2.21. The average molecular weight is 154 g/mol. The second-order valence-electron chi connectivity index (χ2n) is 3.94. The summed E-state index contributed by atoms with van der Waals surface area (Å²) >= 11 is 0. The largest absolute Gasteiger partial charge is 0.299 e. The molecule has 1 fully saturated rings. The molecule has 0 radical (unpaired) electrons. The molecule has 0 amide bonds. The SMILES string of the molecule is CCC(CC)C(=O)C1(C)CC1. The molecular formula is C10H18O. The van der Waals surface area contributed by atoms with Gasteiger partial charge in [0.15, 0.2) is 0 Å². The summed E-state index contributed by atoms with van der Waals surface area (Å²) < 4.78 is 0. The molecule has 1 aliphatic rings. The Morgan fingerprint density at radius 3 is 2.09 bits per heavy atom. The van der Waals surface area contributed by atoms with Gasteiger partial charge in [0.25, 0.3) is 0 Å². The summed E-state index contributed by atoms with van der Waals surface area (Å²) in [5.41, 5.74) is 0.0939. The van der Waals surface area contributed by atoms with Gasteiger partial charge in [-0.1, -0.05) is 20.8 Å². The van der Waals surface area contributed by atoms with Crippen LogP contribution in [-0.4, -0.2) is 5.78 Å². The third kappa shape index (κ3) is 1.63. The first kappa shape index (κ1) is 8.76. The first-order valence-corrected chi connectivity index (χ1v) is 4.68. The van der Waals surface area contributed by atoms with Gasteiger partial charge in [-0.15, -0.1) is 0 Å². The molecule has 0 N–H and O–H groups in total. The van der Waals surface area contributed by atoms with Crippen molar-refractivity contribution in [3.8, 4) is 0 Å². The average Bonchev–Trinajstić information content (AvgIpc) is 2.72. The van der Waals surface area contributed by atoms with Crippen LogP contribution in [0.15, 0.2) is 0 Å². The third-order valence-corrected chi connectivity index (χ3v) is 2.95. The van der Waals surface area contributed by atoms with Crippen molar-refractivity contribution in [2.45, 2.75) is 46.5 Å². The van der Waals surface area contributed by atoms with Crippen molar-refractivity contribution in [2.24, 2.45) is 11.3 Å². The van der Waals surface area contributed by atoms with Crippen LogP contribution in [0.1, 0.15) is 46.5 Å². The normalized spacial score (nSPS) is 20.4. The van der Waals surface area contributed by atoms with E-state index in [0.29, 0.717) is 11.7 Å². The first-order chi connectivity index (χ1) is 5.14. The van der Waals surface area contributed by atoms with Crippen LogP contribution in [0.2, 0.25) is 0 Å². The highest BCUT2D eigenvalue weighted by molar-refractivity contribution is 5.88. The van der Waals surface area contributed by atoms with E-state index in [4.69, 9.17) is 0 Å². The van der Waals surface area contributed by atoms with Gasteiger partial charge in [0.05, 0.1) is 0 Å². The zero-order valence-electron chi connectivity index (χ0n) is 7.81. The fraction of sp³-hybridized carbons (Fsp3) is 0.900. The van der Waals surface area contributed by atoms with Crippen LogP contribution in [0.5, 0.6) is 0 Å². The van der Waals surface area contributed by atoms with E-state index in [2.05, 4.69) is 20.8 Å². The van der Waals surface area contributed by atoms with E-state index in [1.54, 1.807) is 0 Å². The van der Waals surface area contributed by atoms with E-state index in [0.717, 1.165) is 25.7 Å². The van der Waals surface area contributed by atoms with Gasteiger partial charge in [-0.2, -0.15) is 0 Å². The number of hydrogen-bond donors (Lipinski definition) is 0. The standard InChI is InChI=1S/C10H18O/c1-4-8(5-2)9(11)10(3)6-7-10/h8H,4-7H2,1-3H3. The van der Waals surface area contributed by atoms with Crippen LogP contribution in [0.25, 0.3) is 0 Å².